The van der Waals surface area contributed by atoms with E-state index in [-0.39, 0.29) is 18.9 Å². The van der Waals surface area contributed by atoms with Crippen LogP contribution in [0.4, 0.5) is 14.5 Å². The molecule has 0 aliphatic carbocycles. The van der Waals surface area contributed by atoms with Gasteiger partial charge in [-0.15, -0.1) is 0 Å². The SMILES string of the molecule is COc1cccc(CNCC(O)C(Cc2cc(F)cc(F)c2)NC(=O)c2cccc(N(C)C)c2)c1. The largest absolute Gasteiger partial charge is 0.497 e. The van der Waals surface area contributed by atoms with Crippen LogP contribution in [-0.4, -0.2) is 50.9 Å². The Morgan fingerprint density at radius 3 is 2.40 bits per heavy atom. The predicted molar refractivity (Wildman–Crippen MR) is 133 cm³/mol. The zero-order chi connectivity index (χ0) is 25.4. The number of aliphatic hydroxyl groups is 1. The van der Waals surface area contributed by atoms with Crippen molar-refractivity contribution >= 4 is 11.6 Å². The van der Waals surface area contributed by atoms with Gasteiger partial charge in [0.15, 0.2) is 0 Å². The van der Waals surface area contributed by atoms with Gasteiger partial charge >= 0.3 is 0 Å². The van der Waals surface area contributed by atoms with Crippen LogP contribution in [0.15, 0.2) is 66.7 Å². The highest BCUT2D eigenvalue weighted by Gasteiger charge is 2.23. The molecule has 0 aliphatic heterocycles. The normalized spacial score (nSPS) is 12.6. The minimum absolute atomic E-state index is 0.0514. The number of aliphatic hydroxyl groups excluding tert-OH is 1. The van der Waals surface area contributed by atoms with Gasteiger partial charge in [-0.05, 0) is 60.0 Å². The fourth-order valence-corrected chi connectivity index (χ4v) is 3.73. The topological polar surface area (TPSA) is 73.8 Å². The summed E-state index contributed by atoms with van der Waals surface area (Å²) in [6.45, 7) is 0.617. The second kappa shape index (κ2) is 12.3. The van der Waals surface area contributed by atoms with Gasteiger partial charge in [0.2, 0.25) is 0 Å². The Morgan fingerprint density at radius 1 is 1.00 bits per heavy atom. The number of carbonyl (C=O) groups is 1. The van der Waals surface area contributed by atoms with Gasteiger partial charge in [-0.2, -0.15) is 0 Å². The molecule has 2 unspecified atom stereocenters. The van der Waals surface area contributed by atoms with Crippen molar-refractivity contribution in [3.63, 3.8) is 0 Å². The number of hydrogen-bond acceptors (Lipinski definition) is 5. The van der Waals surface area contributed by atoms with E-state index in [1.54, 1.807) is 25.3 Å². The Kier molecular flexibility index (Phi) is 9.17. The van der Waals surface area contributed by atoms with E-state index >= 15 is 0 Å². The fourth-order valence-electron chi connectivity index (χ4n) is 3.73. The van der Waals surface area contributed by atoms with Gasteiger partial charge < -0.3 is 25.4 Å². The van der Waals surface area contributed by atoms with Crippen molar-refractivity contribution in [2.24, 2.45) is 0 Å². The van der Waals surface area contributed by atoms with Gasteiger partial charge in [0.1, 0.15) is 17.4 Å². The van der Waals surface area contributed by atoms with Crippen LogP contribution in [0, 0.1) is 11.6 Å². The number of anilines is 1. The smallest absolute Gasteiger partial charge is 0.251 e. The van der Waals surface area contributed by atoms with E-state index < -0.39 is 23.8 Å². The molecule has 3 aromatic carbocycles. The number of benzene rings is 3. The summed E-state index contributed by atoms with van der Waals surface area (Å²) in [4.78, 5) is 14.9. The van der Waals surface area contributed by atoms with E-state index in [9.17, 15) is 18.7 Å². The first kappa shape index (κ1) is 26.1. The first-order valence-electron chi connectivity index (χ1n) is 11.3. The molecule has 0 radical (unpaired) electrons. The molecule has 0 saturated carbocycles. The summed E-state index contributed by atoms with van der Waals surface area (Å²) in [5.74, 6) is -1.09. The first-order valence-corrected chi connectivity index (χ1v) is 11.3. The number of methoxy groups -OCH3 is 1. The maximum Gasteiger partial charge on any atom is 0.251 e. The maximum absolute atomic E-state index is 13.8. The molecule has 0 saturated heterocycles. The zero-order valence-corrected chi connectivity index (χ0v) is 20.1. The average Bonchev–Trinajstić information content (AvgIpc) is 2.83. The summed E-state index contributed by atoms with van der Waals surface area (Å²) in [5.41, 5.74) is 2.57. The Labute approximate surface area is 204 Å². The molecule has 6 nitrogen and oxygen atoms in total. The Hall–Kier alpha value is -3.49. The van der Waals surface area contributed by atoms with Crippen LogP contribution in [0.1, 0.15) is 21.5 Å². The zero-order valence-electron chi connectivity index (χ0n) is 20.1. The highest BCUT2D eigenvalue weighted by molar-refractivity contribution is 5.95. The molecule has 3 aromatic rings. The summed E-state index contributed by atoms with van der Waals surface area (Å²) in [6, 6.07) is 17.0. The number of nitrogens with one attached hydrogen (secondary N) is 2. The highest BCUT2D eigenvalue weighted by atomic mass is 19.1. The van der Waals surface area contributed by atoms with Crippen molar-refractivity contribution < 1.29 is 23.4 Å². The third kappa shape index (κ3) is 7.77. The second-order valence-electron chi connectivity index (χ2n) is 8.56. The second-order valence-corrected chi connectivity index (χ2v) is 8.56. The quantitative estimate of drug-likeness (QED) is 0.389. The minimum atomic E-state index is -1.02. The first-order chi connectivity index (χ1) is 16.7. The summed E-state index contributed by atoms with van der Waals surface area (Å²) < 4.78 is 32.8. The lowest BCUT2D eigenvalue weighted by atomic mass is 10.00. The van der Waals surface area contributed by atoms with Crippen LogP contribution in [0.2, 0.25) is 0 Å². The van der Waals surface area contributed by atoms with Crippen molar-refractivity contribution in [2.75, 3.05) is 32.6 Å². The van der Waals surface area contributed by atoms with E-state index in [4.69, 9.17) is 4.74 Å². The average molecular weight is 484 g/mol. The van der Waals surface area contributed by atoms with Gasteiger partial charge in [0, 0.05) is 44.5 Å². The molecular weight excluding hydrogens is 452 g/mol. The number of amides is 1. The third-order valence-electron chi connectivity index (χ3n) is 5.60. The summed E-state index contributed by atoms with van der Waals surface area (Å²) in [6.07, 6.45) is -0.969. The molecule has 0 aliphatic rings. The number of halogens is 2. The minimum Gasteiger partial charge on any atom is -0.497 e. The van der Waals surface area contributed by atoms with Crippen LogP contribution in [-0.2, 0) is 13.0 Å². The van der Waals surface area contributed by atoms with Gasteiger partial charge in [0.25, 0.3) is 5.91 Å². The molecule has 3 rings (SSSR count). The number of nitrogens with zero attached hydrogens (tertiary/aromatic N) is 1. The number of hydrogen-bond donors (Lipinski definition) is 3. The standard InChI is InChI=1S/C27H31F2N3O3/c1-32(2)23-8-5-7-20(14-23)27(34)31-25(13-19-10-21(28)15-22(29)11-19)26(33)17-30-16-18-6-4-9-24(12-18)35-3/h4-12,14-15,25-26,30,33H,13,16-17H2,1-3H3,(H,31,34). The van der Waals surface area contributed by atoms with Crippen LogP contribution >= 0.6 is 0 Å². The van der Waals surface area contributed by atoms with Crippen molar-refractivity contribution in [3.8, 4) is 5.75 Å². The van der Waals surface area contributed by atoms with Crippen LogP contribution in [0.5, 0.6) is 5.75 Å². The molecule has 35 heavy (non-hydrogen) atoms. The molecule has 0 fully saturated rings. The van der Waals surface area contributed by atoms with Crippen molar-refractivity contribution in [2.45, 2.75) is 25.1 Å². The lowest BCUT2D eigenvalue weighted by Crippen LogP contribution is -2.48. The molecule has 0 heterocycles. The van der Waals surface area contributed by atoms with Crippen molar-refractivity contribution in [1.29, 1.82) is 0 Å². The third-order valence-corrected chi connectivity index (χ3v) is 5.60. The molecule has 8 heteroatoms. The van der Waals surface area contributed by atoms with Gasteiger partial charge in [0.05, 0.1) is 19.3 Å². The molecule has 186 valence electrons. The van der Waals surface area contributed by atoms with Crippen LogP contribution in [0.25, 0.3) is 0 Å². The fraction of sp³-hybridized carbons (Fsp3) is 0.296. The van der Waals surface area contributed by atoms with E-state index in [0.717, 1.165) is 23.1 Å². The number of carbonyl (C=O) groups excluding carboxylic acids is 1. The molecular formula is C27H31F2N3O3. The molecule has 0 aromatic heterocycles. The number of rotatable bonds is 11. The van der Waals surface area contributed by atoms with E-state index in [1.807, 2.05) is 49.3 Å². The monoisotopic (exact) mass is 483 g/mol. The summed E-state index contributed by atoms with van der Waals surface area (Å²) in [5, 5.41) is 16.9. The Bertz CT molecular complexity index is 1120. The maximum atomic E-state index is 13.8. The van der Waals surface area contributed by atoms with Crippen molar-refractivity contribution in [3.05, 3.63) is 95.1 Å². The Morgan fingerprint density at radius 2 is 1.71 bits per heavy atom. The molecule has 2 atom stereocenters. The summed E-state index contributed by atoms with van der Waals surface area (Å²) in [7, 11) is 5.33. The highest BCUT2D eigenvalue weighted by Crippen LogP contribution is 2.16. The van der Waals surface area contributed by atoms with Crippen molar-refractivity contribution in [1.82, 2.24) is 10.6 Å². The van der Waals surface area contributed by atoms with E-state index in [0.29, 0.717) is 17.7 Å². The van der Waals surface area contributed by atoms with Gasteiger partial charge in [-0.25, -0.2) is 8.78 Å². The lowest BCUT2D eigenvalue weighted by molar-refractivity contribution is 0.0830. The molecule has 3 N–H and O–H groups in total. The van der Waals surface area contributed by atoms with Gasteiger partial charge in [-0.3, -0.25) is 4.79 Å². The Balaban J connectivity index is 1.73. The summed E-state index contributed by atoms with van der Waals surface area (Å²) >= 11 is 0. The van der Waals surface area contributed by atoms with Gasteiger partial charge in [-0.1, -0.05) is 18.2 Å². The molecule has 0 bridgehead atoms. The predicted octanol–water partition coefficient (Wildman–Crippen LogP) is 3.53. The van der Waals surface area contributed by atoms with E-state index in [2.05, 4.69) is 10.6 Å². The van der Waals surface area contributed by atoms with E-state index in [1.165, 1.54) is 12.1 Å². The molecule has 0 spiro atoms. The van der Waals surface area contributed by atoms with Crippen LogP contribution < -0.4 is 20.3 Å². The lowest BCUT2D eigenvalue weighted by Gasteiger charge is -2.25. The van der Waals surface area contributed by atoms with Crippen LogP contribution in [0.3, 0.4) is 0 Å². The molecule has 1 amide bonds. The number of ether oxygens (including phenoxy) is 1.